The lowest BCUT2D eigenvalue weighted by atomic mass is 9.97. The first-order valence-corrected chi connectivity index (χ1v) is 10.7. The zero-order valence-corrected chi connectivity index (χ0v) is 20.3. The van der Waals surface area contributed by atoms with Gasteiger partial charge < -0.3 is 26.2 Å². The van der Waals surface area contributed by atoms with Crippen molar-refractivity contribution in [3.05, 3.63) is 29.8 Å². The highest BCUT2D eigenvalue weighted by Crippen LogP contribution is 2.26. The average Bonchev–Trinajstić information content (AvgIpc) is 3.18. The topological polar surface area (TPSA) is 86.0 Å². The summed E-state index contributed by atoms with van der Waals surface area (Å²) in [5, 5.41) is 6.64. The van der Waals surface area contributed by atoms with Crippen LogP contribution in [-0.4, -0.2) is 69.1 Å². The maximum Gasteiger partial charge on any atom is 0.221 e. The largest absolute Gasteiger partial charge is 0.369 e. The molecule has 2 fully saturated rings. The lowest BCUT2D eigenvalue weighted by Crippen LogP contribution is -2.46. The van der Waals surface area contributed by atoms with Crippen LogP contribution in [0.5, 0.6) is 0 Å². The molecular formula is C21H33F2IN6O. The highest BCUT2D eigenvalue weighted by Gasteiger charge is 2.27. The summed E-state index contributed by atoms with van der Waals surface area (Å²) < 4.78 is 28.0. The van der Waals surface area contributed by atoms with E-state index in [0.29, 0.717) is 19.0 Å². The summed E-state index contributed by atoms with van der Waals surface area (Å²) in [5.74, 6) is -0.623. The van der Waals surface area contributed by atoms with Crippen molar-refractivity contribution in [3.8, 4) is 0 Å². The molecule has 1 amide bonds. The van der Waals surface area contributed by atoms with Crippen molar-refractivity contribution in [1.29, 1.82) is 0 Å². The third-order valence-electron chi connectivity index (χ3n) is 5.86. The number of amides is 1. The fraction of sp³-hybridized carbons (Fsp3) is 0.619. The first kappa shape index (κ1) is 25.6. The number of nitrogens with two attached hydrogens (primary N) is 1. The summed E-state index contributed by atoms with van der Waals surface area (Å²) in [4.78, 5) is 19.7. The number of carbonyl (C=O) groups is 1. The summed E-state index contributed by atoms with van der Waals surface area (Å²) in [6, 6.07) is 4.01. The van der Waals surface area contributed by atoms with Crippen LogP contribution in [-0.2, 0) is 4.79 Å². The number of carbonyl (C=O) groups excluding carboxylic acids is 1. The number of nitrogens with zero attached hydrogens (tertiary/aromatic N) is 3. The van der Waals surface area contributed by atoms with Gasteiger partial charge in [0.2, 0.25) is 5.91 Å². The summed E-state index contributed by atoms with van der Waals surface area (Å²) in [7, 11) is 1.71. The van der Waals surface area contributed by atoms with Gasteiger partial charge in [-0.3, -0.25) is 9.79 Å². The monoisotopic (exact) mass is 550 g/mol. The fourth-order valence-electron chi connectivity index (χ4n) is 4.26. The molecule has 1 aromatic carbocycles. The molecule has 2 aliphatic heterocycles. The van der Waals surface area contributed by atoms with Crippen molar-refractivity contribution in [2.24, 2.45) is 16.6 Å². The fourth-order valence-corrected chi connectivity index (χ4v) is 4.26. The predicted octanol–water partition coefficient (Wildman–Crippen LogP) is 1.91. The van der Waals surface area contributed by atoms with Gasteiger partial charge in [0, 0.05) is 39.3 Å². The second-order valence-corrected chi connectivity index (χ2v) is 8.04. The Morgan fingerprint density at radius 2 is 1.97 bits per heavy atom. The Hall–Kier alpha value is -1.69. The Bertz CT molecular complexity index is 745. The van der Waals surface area contributed by atoms with Gasteiger partial charge in [-0.05, 0) is 50.9 Å². The Kier molecular flexibility index (Phi) is 10.2. The molecule has 31 heavy (non-hydrogen) atoms. The van der Waals surface area contributed by atoms with Crippen LogP contribution in [0, 0.1) is 17.6 Å². The van der Waals surface area contributed by atoms with E-state index in [9.17, 15) is 13.6 Å². The van der Waals surface area contributed by atoms with E-state index in [0.717, 1.165) is 51.9 Å². The number of halogens is 3. The number of guanidine groups is 1. The molecule has 0 aliphatic carbocycles. The maximum atomic E-state index is 14.0. The summed E-state index contributed by atoms with van der Waals surface area (Å²) in [6.45, 7) is 4.49. The van der Waals surface area contributed by atoms with Gasteiger partial charge in [-0.15, -0.1) is 24.0 Å². The van der Waals surface area contributed by atoms with Crippen LogP contribution >= 0.6 is 24.0 Å². The highest BCUT2D eigenvalue weighted by molar-refractivity contribution is 14.0. The molecule has 7 nitrogen and oxygen atoms in total. The average molecular weight is 550 g/mol. The van der Waals surface area contributed by atoms with Gasteiger partial charge in [0.05, 0.1) is 5.92 Å². The van der Waals surface area contributed by atoms with E-state index in [1.54, 1.807) is 11.9 Å². The van der Waals surface area contributed by atoms with Crippen LogP contribution in [0.15, 0.2) is 23.2 Å². The first-order valence-electron chi connectivity index (χ1n) is 10.7. The second-order valence-electron chi connectivity index (χ2n) is 8.04. The molecule has 10 heteroatoms. The standard InChI is InChI=1S/C21H32F2N6O.HI/c1-25-21(26-9-4-11-28-10-3-5-15(13-28)20(24)30)27-16-8-12-29(14-16)19-17(22)6-2-7-18(19)23;/h2,6-7,15-16H,3-5,8-14H2,1H3,(H2,24,30)(H2,25,26,27);1H. The summed E-state index contributed by atoms with van der Waals surface area (Å²) in [6.07, 6.45) is 3.58. The van der Waals surface area contributed by atoms with E-state index in [-0.39, 0.29) is 47.5 Å². The normalized spacial score (nSPS) is 22.2. The molecule has 3 rings (SSSR count). The van der Waals surface area contributed by atoms with Crippen molar-refractivity contribution in [1.82, 2.24) is 15.5 Å². The van der Waals surface area contributed by atoms with E-state index in [1.807, 2.05) is 0 Å². The van der Waals surface area contributed by atoms with E-state index in [4.69, 9.17) is 5.73 Å². The molecule has 2 unspecified atom stereocenters. The van der Waals surface area contributed by atoms with Gasteiger partial charge in [-0.2, -0.15) is 0 Å². The third kappa shape index (κ3) is 7.16. The number of hydrogen-bond donors (Lipinski definition) is 3. The van der Waals surface area contributed by atoms with Gasteiger partial charge in [0.15, 0.2) is 5.96 Å². The van der Waals surface area contributed by atoms with Crippen molar-refractivity contribution < 1.29 is 13.6 Å². The summed E-state index contributed by atoms with van der Waals surface area (Å²) >= 11 is 0. The van der Waals surface area contributed by atoms with Crippen molar-refractivity contribution in [2.75, 3.05) is 51.2 Å². The van der Waals surface area contributed by atoms with E-state index >= 15 is 0 Å². The highest BCUT2D eigenvalue weighted by atomic mass is 127. The molecule has 1 aromatic rings. The van der Waals surface area contributed by atoms with E-state index in [2.05, 4.69) is 20.5 Å². The number of aliphatic imine (C=N–C) groups is 1. The number of likely N-dealkylation sites (tertiary alicyclic amines) is 1. The van der Waals surface area contributed by atoms with Crippen LogP contribution in [0.4, 0.5) is 14.5 Å². The molecule has 0 saturated carbocycles. The molecule has 174 valence electrons. The zero-order valence-electron chi connectivity index (χ0n) is 17.9. The van der Waals surface area contributed by atoms with E-state index in [1.165, 1.54) is 18.2 Å². The minimum Gasteiger partial charge on any atom is -0.369 e. The Morgan fingerprint density at radius 3 is 2.65 bits per heavy atom. The van der Waals surface area contributed by atoms with Gasteiger partial charge in [-0.25, -0.2) is 8.78 Å². The van der Waals surface area contributed by atoms with Crippen molar-refractivity contribution >= 4 is 41.5 Å². The number of primary amides is 1. The zero-order chi connectivity index (χ0) is 21.5. The SMILES string of the molecule is CN=C(NCCCN1CCCC(C(N)=O)C1)NC1CCN(c2c(F)cccc2F)C1.I. The predicted molar refractivity (Wildman–Crippen MR) is 130 cm³/mol. The molecule has 0 spiro atoms. The van der Waals surface area contributed by atoms with Gasteiger partial charge in [0.25, 0.3) is 0 Å². The number of para-hydroxylation sites is 1. The van der Waals surface area contributed by atoms with Gasteiger partial charge in [-0.1, -0.05) is 6.07 Å². The molecule has 2 atom stereocenters. The minimum absolute atomic E-state index is 0. The Labute approximate surface area is 199 Å². The lowest BCUT2D eigenvalue weighted by Gasteiger charge is -2.31. The van der Waals surface area contributed by atoms with E-state index < -0.39 is 11.6 Å². The molecule has 0 radical (unpaired) electrons. The molecule has 4 N–H and O–H groups in total. The number of rotatable bonds is 7. The molecule has 2 saturated heterocycles. The molecule has 2 aliphatic rings. The Morgan fingerprint density at radius 1 is 1.23 bits per heavy atom. The quantitative estimate of drug-likeness (QED) is 0.209. The van der Waals surface area contributed by atoms with Gasteiger partial charge in [0.1, 0.15) is 17.3 Å². The molecule has 0 bridgehead atoms. The van der Waals surface area contributed by atoms with Crippen LogP contribution in [0.1, 0.15) is 25.7 Å². The molecule has 0 aromatic heterocycles. The number of nitrogens with one attached hydrogen (secondary N) is 2. The summed E-state index contributed by atoms with van der Waals surface area (Å²) in [5.41, 5.74) is 5.48. The number of hydrogen-bond acceptors (Lipinski definition) is 4. The molecular weight excluding hydrogens is 517 g/mol. The molecule has 2 heterocycles. The maximum absolute atomic E-state index is 14.0. The van der Waals surface area contributed by atoms with Crippen molar-refractivity contribution in [3.63, 3.8) is 0 Å². The van der Waals surface area contributed by atoms with Crippen LogP contribution in [0.2, 0.25) is 0 Å². The third-order valence-corrected chi connectivity index (χ3v) is 5.86. The van der Waals surface area contributed by atoms with Gasteiger partial charge >= 0.3 is 0 Å². The lowest BCUT2D eigenvalue weighted by molar-refractivity contribution is -0.123. The number of piperidine rings is 1. The van der Waals surface area contributed by atoms with Crippen LogP contribution < -0.4 is 21.3 Å². The second kappa shape index (κ2) is 12.4. The van der Waals surface area contributed by atoms with Crippen LogP contribution in [0.3, 0.4) is 0 Å². The number of benzene rings is 1. The number of anilines is 1. The minimum atomic E-state index is -0.533. The van der Waals surface area contributed by atoms with Crippen molar-refractivity contribution in [2.45, 2.75) is 31.7 Å². The smallest absolute Gasteiger partial charge is 0.221 e. The Balaban J connectivity index is 0.00000341. The van der Waals surface area contributed by atoms with Crippen LogP contribution in [0.25, 0.3) is 0 Å². The first-order chi connectivity index (χ1) is 14.5.